The summed E-state index contributed by atoms with van der Waals surface area (Å²) in [7, 11) is 0. The fraction of sp³-hybridized carbons (Fsp3) is 0.545. The molecule has 0 bridgehead atoms. The molecule has 1 aromatic rings. The number of rotatable bonds is 5. The molecule has 1 atom stereocenters. The molecule has 0 aliphatic carbocycles. The average molecular weight is 249 g/mol. The van der Waals surface area contributed by atoms with Crippen molar-refractivity contribution in [1.82, 2.24) is 4.98 Å². The molecule has 15 heavy (non-hydrogen) atoms. The topological polar surface area (TPSA) is 38.9 Å². The molecule has 0 aliphatic heterocycles. The van der Waals surface area contributed by atoms with Gasteiger partial charge in [-0.25, -0.2) is 4.98 Å². The first kappa shape index (κ1) is 14.7. The minimum Gasteiger partial charge on any atom is -0.324 e. The number of pyridine rings is 1. The second kappa shape index (κ2) is 7.91. The molecule has 0 amide bonds. The second-order valence-corrected chi connectivity index (χ2v) is 3.90. The van der Waals surface area contributed by atoms with Crippen molar-refractivity contribution in [3.63, 3.8) is 0 Å². The number of hydrogen-bond donors (Lipinski definition) is 1. The van der Waals surface area contributed by atoms with E-state index >= 15 is 0 Å². The molecule has 1 rings (SSSR count). The van der Waals surface area contributed by atoms with E-state index < -0.39 is 0 Å². The van der Waals surface area contributed by atoms with Crippen LogP contribution in [0.3, 0.4) is 0 Å². The van der Waals surface area contributed by atoms with Gasteiger partial charge in [0.05, 0.1) is 0 Å². The number of nitrogens with two attached hydrogens (primary N) is 1. The largest absolute Gasteiger partial charge is 0.324 e. The zero-order chi connectivity index (χ0) is 10.4. The van der Waals surface area contributed by atoms with Gasteiger partial charge in [-0.2, -0.15) is 0 Å². The van der Waals surface area contributed by atoms with Crippen LogP contribution in [0.15, 0.2) is 18.3 Å². The van der Waals surface area contributed by atoms with Gasteiger partial charge < -0.3 is 5.73 Å². The summed E-state index contributed by atoms with van der Waals surface area (Å²) in [6.07, 6.45) is 6.44. The maximum atomic E-state index is 6.00. The Morgan fingerprint density at radius 2 is 2.13 bits per heavy atom. The number of aromatic nitrogens is 1. The summed E-state index contributed by atoms with van der Waals surface area (Å²) in [5.41, 5.74) is 7.08. The summed E-state index contributed by atoms with van der Waals surface area (Å²) in [5.74, 6) is 0. The molecule has 0 spiro atoms. The highest BCUT2D eigenvalue weighted by molar-refractivity contribution is 6.29. The SMILES string of the molecule is CCCCC[C@@H](N)c1ccc(Cl)nc1.Cl. The van der Waals surface area contributed by atoms with E-state index in [4.69, 9.17) is 17.3 Å². The molecule has 4 heteroatoms. The Balaban J connectivity index is 0.00000196. The monoisotopic (exact) mass is 248 g/mol. The Hall–Kier alpha value is -0.310. The average Bonchev–Trinajstić information content (AvgIpc) is 2.19. The van der Waals surface area contributed by atoms with Gasteiger partial charge >= 0.3 is 0 Å². The third-order valence-electron chi connectivity index (χ3n) is 2.30. The van der Waals surface area contributed by atoms with E-state index in [1.807, 2.05) is 6.07 Å². The maximum Gasteiger partial charge on any atom is 0.129 e. The van der Waals surface area contributed by atoms with Crippen LogP contribution in [0.2, 0.25) is 5.15 Å². The number of hydrogen-bond acceptors (Lipinski definition) is 2. The summed E-state index contributed by atoms with van der Waals surface area (Å²) in [6, 6.07) is 3.84. The molecule has 0 saturated heterocycles. The highest BCUT2D eigenvalue weighted by Crippen LogP contribution is 2.17. The summed E-state index contributed by atoms with van der Waals surface area (Å²) in [6.45, 7) is 2.19. The lowest BCUT2D eigenvalue weighted by Gasteiger charge is -2.10. The highest BCUT2D eigenvalue weighted by Gasteiger charge is 2.05. The van der Waals surface area contributed by atoms with Crippen molar-refractivity contribution in [3.05, 3.63) is 29.0 Å². The van der Waals surface area contributed by atoms with Crippen LogP contribution in [0.25, 0.3) is 0 Å². The van der Waals surface area contributed by atoms with E-state index in [0.29, 0.717) is 5.15 Å². The van der Waals surface area contributed by atoms with E-state index in [9.17, 15) is 0 Å². The van der Waals surface area contributed by atoms with Crippen LogP contribution < -0.4 is 5.73 Å². The van der Waals surface area contributed by atoms with Crippen LogP contribution in [-0.4, -0.2) is 4.98 Å². The third kappa shape index (κ3) is 5.36. The first-order chi connectivity index (χ1) is 6.74. The first-order valence-electron chi connectivity index (χ1n) is 5.11. The lowest BCUT2D eigenvalue weighted by molar-refractivity contribution is 0.580. The lowest BCUT2D eigenvalue weighted by atomic mass is 10.0. The number of unbranched alkanes of at least 4 members (excludes halogenated alkanes) is 2. The summed E-state index contributed by atoms with van der Waals surface area (Å²) >= 11 is 5.69. The zero-order valence-corrected chi connectivity index (χ0v) is 10.5. The van der Waals surface area contributed by atoms with Crippen molar-refractivity contribution < 1.29 is 0 Å². The van der Waals surface area contributed by atoms with Crippen LogP contribution in [0.4, 0.5) is 0 Å². The van der Waals surface area contributed by atoms with Gasteiger partial charge in [-0.1, -0.05) is 43.9 Å². The summed E-state index contributed by atoms with van der Waals surface area (Å²) in [4.78, 5) is 4.01. The molecular weight excluding hydrogens is 231 g/mol. The Kier molecular flexibility index (Phi) is 7.75. The van der Waals surface area contributed by atoms with E-state index in [1.165, 1.54) is 19.3 Å². The third-order valence-corrected chi connectivity index (χ3v) is 2.52. The molecule has 0 fully saturated rings. The fourth-order valence-corrected chi connectivity index (χ4v) is 1.50. The van der Waals surface area contributed by atoms with E-state index in [2.05, 4.69) is 11.9 Å². The molecule has 0 radical (unpaired) electrons. The van der Waals surface area contributed by atoms with Crippen molar-refractivity contribution in [2.24, 2.45) is 5.73 Å². The molecule has 0 saturated carbocycles. The Morgan fingerprint density at radius 1 is 1.40 bits per heavy atom. The second-order valence-electron chi connectivity index (χ2n) is 3.52. The molecular formula is C11H18Cl2N2. The van der Waals surface area contributed by atoms with Gasteiger partial charge in [0.25, 0.3) is 0 Å². The molecule has 0 unspecified atom stereocenters. The Bertz CT molecular complexity index is 262. The Labute approximate surface area is 103 Å². The van der Waals surface area contributed by atoms with Gasteiger partial charge in [-0.15, -0.1) is 12.4 Å². The molecule has 1 aromatic heterocycles. The van der Waals surface area contributed by atoms with Crippen molar-refractivity contribution >= 4 is 24.0 Å². The molecule has 0 aliphatic rings. The Morgan fingerprint density at radius 3 is 2.67 bits per heavy atom. The molecule has 2 N–H and O–H groups in total. The van der Waals surface area contributed by atoms with Gasteiger partial charge in [0.2, 0.25) is 0 Å². The standard InChI is InChI=1S/C11H17ClN2.ClH/c1-2-3-4-5-10(13)9-6-7-11(12)14-8-9;/h6-8,10H,2-5,13H2,1H3;1H/t10-;/m1./s1. The smallest absolute Gasteiger partial charge is 0.129 e. The van der Waals surface area contributed by atoms with Gasteiger partial charge in [0.1, 0.15) is 5.15 Å². The van der Waals surface area contributed by atoms with Gasteiger partial charge in [-0.3, -0.25) is 0 Å². The number of halogens is 2. The van der Waals surface area contributed by atoms with Gasteiger partial charge in [0.15, 0.2) is 0 Å². The maximum absolute atomic E-state index is 6.00. The van der Waals surface area contributed by atoms with Crippen molar-refractivity contribution in [1.29, 1.82) is 0 Å². The normalized spacial score (nSPS) is 11.9. The first-order valence-corrected chi connectivity index (χ1v) is 5.49. The molecule has 2 nitrogen and oxygen atoms in total. The summed E-state index contributed by atoms with van der Waals surface area (Å²) in [5, 5.41) is 0.523. The van der Waals surface area contributed by atoms with E-state index in [1.54, 1.807) is 12.3 Å². The van der Waals surface area contributed by atoms with Crippen molar-refractivity contribution in [3.8, 4) is 0 Å². The minimum atomic E-state index is 0. The van der Waals surface area contributed by atoms with Crippen LogP contribution in [0.1, 0.15) is 44.2 Å². The quantitative estimate of drug-likeness (QED) is 0.637. The zero-order valence-electron chi connectivity index (χ0n) is 8.95. The number of nitrogens with zero attached hydrogens (tertiary/aromatic N) is 1. The van der Waals surface area contributed by atoms with Crippen molar-refractivity contribution in [2.75, 3.05) is 0 Å². The van der Waals surface area contributed by atoms with E-state index in [-0.39, 0.29) is 18.4 Å². The predicted molar refractivity (Wildman–Crippen MR) is 67.6 cm³/mol. The van der Waals surface area contributed by atoms with Gasteiger partial charge in [-0.05, 0) is 18.1 Å². The predicted octanol–water partition coefficient (Wildman–Crippen LogP) is 3.74. The minimum absolute atomic E-state index is 0. The summed E-state index contributed by atoms with van der Waals surface area (Å²) < 4.78 is 0. The molecule has 86 valence electrons. The van der Waals surface area contributed by atoms with Crippen LogP contribution in [0.5, 0.6) is 0 Å². The molecule has 0 aromatic carbocycles. The van der Waals surface area contributed by atoms with Crippen LogP contribution >= 0.6 is 24.0 Å². The molecule has 1 heterocycles. The highest BCUT2D eigenvalue weighted by atomic mass is 35.5. The van der Waals surface area contributed by atoms with Crippen LogP contribution in [0, 0.1) is 0 Å². The van der Waals surface area contributed by atoms with Crippen molar-refractivity contribution in [2.45, 2.75) is 38.6 Å². The fourth-order valence-electron chi connectivity index (χ4n) is 1.39. The van der Waals surface area contributed by atoms with Crippen LogP contribution in [-0.2, 0) is 0 Å². The lowest BCUT2D eigenvalue weighted by Crippen LogP contribution is -2.10. The van der Waals surface area contributed by atoms with Gasteiger partial charge in [0, 0.05) is 12.2 Å². The van der Waals surface area contributed by atoms with E-state index in [0.717, 1.165) is 12.0 Å².